The van der Waals surface area contributed by atoms with E-state index < -0.39 is 18.1 Å². The van der Waals surface area contributed by atoms with Crippen molar-refractivity contribution >= 4 is 5.91 Å². The summed E-state index contributed by atoms with van der Waals surface area (Å²) in [6, 6.07) is 0. The fourth-order valence-electron chi connectivity index (χ4n) is 3.43. The van der Waals surface area contributed by atoms with Crippen molar-refractivity contribution in [3.63, 3.8) is 0 Å². The first kappa shape index (κ1) is 16.2. The number of halogens is 3. The second kappa shape index (κ2) is 5.89. The number of alkyl halides is 3. The van der Waals surface area contributed by atoms with Gasteiger partial charge in [0.1, 0.15) is 5.82 Å². The molecule has 0 aromatic carbocycles. The van der Waals surface area contributed by atoms with Gasteiger partial charge >= 0.3 is 6.55 Å². The van der Waals surface area contributed by atoms with Crippen LogP contribution in [-0.4, -0.2) is 48.9 Å². The molecule has 0 radical (unpaired) electrons. The van der Waals surface area contributed by atoms with Gasteiger partial charge in [0.05, 0.1) is 18.1 Å². The summed E-state index contributed by atoms with van der Waals surface area (Å²) in [6.45, 7) is -1.45. The summed E-state index contributed by atoms with van der Waals surface area (Å²) in [5, 5.41) is 3.65. The molecule has 0 N–H and O–H groups in total. The Morgan fingerprint density at radius 3 is 2.64 bits per heavy atom. The van der Waals surface area contributed by atoms with E-state index in [4.69, 9.17) is 0 Å². The lowest BCUT2D eigenvalue weighted by atomic mass is 9.81. The number of amides is 1. The van der Waals surface area contributed by atoms with Crippen LogP contribution in [-0.2, 0) is 17.8 Å². The molecule has 0 bridgehead atoms. The van der Waals surface area contributed by atoms with Gasteiger partial charge in [0.15, 0.2) is 5.67 Å². The highest BCUT2D eigenvalue weighted by Crippen LogP contribution is 2.37. The maximum Gasteiger partial charge on any atom is 0.333 e. The zero-order valence-corrected chi connectivity index (χ0v) is 13.5. The van der Waals surface area contributed by atoms with Crippen molar-refractivity contribution in [1.82, 2.24) is 24.2 Å². The smallest absolute Gasteiger partial charge is 0.333 e. The normalized spacial score (nSPS) is 19.4. The van der Waals surface area contributed by atoms with Crippen molar-refractivity contribution in [1.29, 1.82) is 0 Å². The first-order valence-corrected chi connectivity index (χ1v) is 8.33. The average molecular weight is 353 g/mol. The fourth-order valence-corrected chi connectivity index (χ4v) is 3.43. The van der Waals surface area contributed by atoms with Gasteiger partial charge in [0.2, 0.25) is 0 Å². The van der Waals surface area contributed by atoms with Gasteiger partial charge in [-0.1, -0.05) is 0 Å². The lowest BCUT2D eigenvalue weighted by Crippen LogP contribution is -2.51. The highest BCUT2D eigenvalue weighted by molar-refractivity contribution is 5.86. The Kier molecular flexibility index (Phi) is 3.81. The Balaban J connectivity index is 1.54. The minimum absolute atomic E-state index is 0.297. The third kappa shape index (κ3) is 2.71. The third-order valence-electron chi connectivity index (χ3n) is 5.05. The van der Waals surface area contributed by atoms with Crippen LogP contribution in [0.1, 0.15) is 31.6 Å². The number of imidazole rings is 1. The minimum atomic E-state index is -2.70. The van der Waals surface area contributed by atoms with Crippen LogP contribution in [0.5, 0.6) is 0 Å². The van der Waals surface area contributed by atoms with Crippen LogP contribution < -0.4 is 0 Å². The zero-order chi connectivity index (χ0) is 17.6. The number of rotatable bonds is 3. The molecular formula is C16H18F3N5O. The molecule has 9 heteroatoms. The molecule has 1 aliphatic carbocycles. The number of hydrogen-bond donors (Lipinski definition) is 0. The molecule has 0 spiro atoms. The molecule has 1 amide bonds. The molecule has 1 aliphatic heterocycles. The van der Waals surface area contributed by atoms with Gasteiger partial charge < -0.3 is 9.47 Å². The van der Waals surface area contributed by atoms with Crippen molar-refractivity contribution in [2.75, 3.05) is 13.1 Å². The first-order chi connectivity index (χ1) is 12.0. The molecule has 2 aromatic rings. The van der Waals surface area contributed by atoms with E-state index in [0.717, 1.165) is 12.2 Å². The monoisotopic (exact) mass is 353 g/mol. The fraction of sp³-hybridized carbons (Fsp3) is 0.562. The third-order valence-corrected chi connectivity index (χ3v) is 5.05. The topological polar surface area (TPSA) is 56.0 Å². The van der Waals surface area contributed by atoms with E-state index in [-0.39, 0.29) is 0 Å². The summed E-state index contributed by atoms with van der Waals surface area (Å²) < 4.78 is 42.3. The average Bonchev–Trinajstić information content (AvgIpc) is 3.14. The zero-order valence-electron chi connectivity index (χ0n) is 13.5. The number of fused-ring (bicyclic) bond motifs is 1. The van der Waals surface area contributed by atoms with Crippen molar-refractivity contribution < 1.29 is 18.0 Å². The predicted octanol–water partition coefficient (Wildman–Crippen LogP) is 2.42. The summed E-state index contributed by atoms with van der Waals surface area (Å²) in [5.74, 6) is 0.327. The molecule has 25 heavy (non-hydrogen) atoms. The van der Waals surface area contributed by atoms with Crippen LogP contribution in [0.25, 0.3) is 11.3 Å². The van der Waals surface area contributed by atoms with Crippen molar-refractivity contribution in [3.05, 3.63) is 24.4 Å². The second-order valence-corrected chi connectivity index (χ2v) is 6.56. The van der Waals surface area contributed by atoms with Gasteiger partial charge in [-0.15, -0.1) is 0 Å². The first-order valence-electron chi connectivity index (χ1n) is 8.33. The summed E-state index contributed by atoms with van der Waals surface area (Å²) in [7, 11) is 0. The molecule has 1 saturated carbocycles. The summed E-state index contributed by atoms with van der Waals surface area (Å²) in [4.78, 5) is 18.3. The Hall–Kier alpha value is -2.32. The quantitative estimate of drug-likeness (QED) is 0.852. The van der Waals surface area contributed by atoms with Gasteiger partial charge in [-0.05, 0) is 19.3 Å². The highest BCUT2D eigenvalue weighted by Gasteiger charge is 2.47. The van der Waals surface area contributed by atoms with Crippen LogP contribution in [0.3, 0.4) is 0 Å². The predicted molar refractivity (Wildman–Crippen MR) is 82.7 cm³/mol. The van der Waals surface area contributed by atoms with Gasteiger partial charge in [-0.2, -0.15) is 13.9 Å². The van der Waals surface area contributed by atoms with Crippen LogP contribution in [0.15, 0.2) is 18.6 Å². The number of hydrogen-bond acceptors (Lipinski definition) is 3. The Bertz CT molecular complexity index is 796. The van der Waals surface area contributed by atoms with Crippen molar-refractivity contribution in [3.8, 4) is 11.3 Å². The summed E-state index contributed by atoms with van der Waals surface area (Å²) in [5.41, 5.74) is -0.484. The standard InChI is InChI=1S/C16H18F3N5O/c17-15(18)24-10-11(8-21-24)12-9-20-13-2-5-22(6-7-23(12)13)14(25)16(19)3-1-4-16/h8-10,15H,1-7H2. The van der Waals surface area contributed by atoms with E-state index in [1.165, 1.54) is 12.4 Å². The van der Waals surface area contributed by atoms with Gasteiger partial charge in [0.25, 0.3) is 5.91 Å². The molecule has 2 aromatic heterocycles. The molecule has 0 saturated heterocycles. The largest absolute Gasteiger partial charge is 0.338 e. The van der Waals surface area contributed by atoms with Gasteiger partial charge in [-0.25, -0.2) is 14.1 Å². The lowest BCUT2D eigenvalue weighted by Gasteiger charge is -2.36. The SMILES string of the molecule is O=C(N1CCc2ncc(-c3cnn(C(F)F)c3)n2CC1)C1(F)CCC1. The molecule has 134 valence electrons. The van der Waals surface area contributed by atoms with E-state index in [9.17, 15) is 18.0 Å². The molecular weight excluding hydrogens is 335 g/mol. The van der Waals surface area contributed by atoms with Gasteiger partial charge in [0, 0.05) is 37.8 Å². The molecule has 3 heterocycles. The molecule has 0 unspecified atom stereocenters. The van der Waals surface area contributed by atoms with Crippen molar-refractivity contribution in [2.24, 2.45) is 0 Å². The summed E-state index contributed by atoms with van der Waals surface area (Å²) >= 11 is 0. The number of aromatic nitrogens is 4. The minimum Gasteiger partial charge on any atom is -0.338 e. The maximum absolute atomic E-state index is 14.4. The Morgan fingerprint density at radius 2 is 2.00 bits per heavy atom. The van der Waals surface area contributed by atoms with E-state index in [1.807, 2.05) is 4.57 Å². The molecule has 4 rings (SSSR count). The molecule has 2 aliphatic rings. The Labute approximate surface area is 142 Å². The van der Waals surface area contributed by atoms with E-state index in [0.29, 0.717) is 54.8 Å². The van der Waals surface area contributed by atoms with Crippen LogP contribution in [0.2, 0.25) is 0 Å². The van der Waals surface area contributed by atoms with E-state index >= 15 is 0 Å². The van der Waals surface area contributed by atoms with E-state index in [1.54, 1.807) is 11.1 Å². The second-order valence-electron chi connectivity index (χ2n) is 6.56. The molecule has 0 atom stereocenters. The van der Waals surface area contributed by atoms with Gasteiger partial charge in [-0.3, -0.25) is 4.79 Å². The highest BCUT2D eigenvalue weighted by atomic mass is 19.3. The maximum atomic E-state index is 14.4. The number of carbonyl (C=O) groups excluding carboxylic acids is 1. The number of nitrogens with zero attached hydrogens (tertiary/aromatic N) is 5. The van der Waals surface area contributed by atoms with Crippen LogP contribution in [0.4, 0.5) is 13.2 Å². The molecule has 1 fully saturated rings. The van der Waals surface area contributed by atoms with Crippen molar-refractivity contribution in [2.45, 2.75) is 44.4 Å². The van der Waals surface area contributed by atoms with E-state index in [2.05, 4.69) is 10.1 Å². The summed E-state index contributed by atoms with van der Waals surface area (Å²) in [6.07, 6.45) is 6.11. The lowest BCUT2D eigenvalue weighted by molar-refractivity contribution is -0.149. The van der Waals surface area contributed by atoms with Crippen LogP contribution in [0, 0.1) is 0 Å². The molecule has 6 nitrogen and oxygen atoms in total. The number of carbonyl (C=O) groups is 1. The van der Waals surface area contributed by atoms with Crippen LogP contribution >= 0.6 is 0 Å². The Morgan fingerprint density at radius 1 is 1.20 bits per heavy atom.